The van der Waals surface area contributed by atoms with Crippen molar-refractivity contribution in [1.29, 1.82) is 0 Å². The van der Waals surface area contributed by atoms with E-state index < -0.39 is 17.9 Å². The number of anilines is 1. The molecule has 31 heavy (non-hydrogen) atoms. The second-order valence-electron chi connectivity index (χ2n) is 7.23. The lowest BCUT2D eigenvalue weighted by atomic mass is 10.0. The molecular formula is C23H25ClN2O5. The molecule has 164 valence electrons. The number of ether oxygens (including phenoxy) is 2. The topological polar surface area (TPSA) is 84.9 Å². The second kappa shape index (κ2) is 10.3. The molecule has 1 saturated heterocycles. The molecule has 1 heterocycles. The van der Waals surface area contributed by atoms with Crippen molar-refractivity contribution in [2.24, 2.45) is 5.92 Å². The summed E-state index contributed by atoms with van der Waals surface area (Å²) in [6.07, 6.45) is 0.0811. The first-order valence-corrected chi connectivity index (χ1v) is 10.4. The summed E-state index contributed by atoms with van der Waals surface area (Å²) in [5, 5.41) is 3.45. The monoisotopic (exact) mass is 444 g/mol. The van der Waals surface area contributed by atoms with Gasteiger partial charge in [-0.05, 0) is 48.9 Å². The summed E-state index contributed by atoms with van der Waals surface area (Å²) in [4.78, 5) is 38.9. The van der Waals surface area contributed by atoms with Crippen molar-refractivity contribution >= 4 is 35.1 Å². The van der Waals surface area contributed by atoms with Crippen LogP contribution in [0, 0.1) is 5.92 Å². The minimum atomic E-state index is -0.577. The fourth-order valence-electron chi connectivity index (χ4n) is 3.51. The van der Waals surface area contributed by atoms with Gasteiger partial charge in [0, 0.05) is 23.7 Å². The number of hydrogen-bond donors (Lipinski definition) is 1. The first kappa shape index (κ1) is 22.6. The Bertz CT molecular complexity index is 930. The van der Waals surface area contributed by atoms with E-state index in [0.29, 0.717) is 17.3 Å². The highest BCUT2D eigenvalue weighted by Gasteiger charge is 2.36. The number of carbonyl (C=O) groups excluding carboxylic acids is 3. The highest BCUT2D eigenvalue weighted by Crippen LogP contribution is 2.28. The molecule has 2 atom stereocenters. The van der Waals surface area contributed by atoms with Gasteiger partial charge in [0.05, 0.1) is 32.1 Å². The maximum atomic E-state index is 12.9. The van der Waals surface area contributed by atoms with E-state index >= 15 is 0 Å². The van der Waals surface area contributed by atoms with Crippen LogP contribution in [0.1, 0.15) is 31.4 Å². The van der Waals surface area contributed by atoms with Crippen LogP contribution in [-0.4, -0.2) is 38.0 Å². The Kier molecular flexibility index (Phi) is 7.52. The first-order chi connectivity index (χ1) is 14.9. The molecule has 2 aromatic rings. The molecule has 0 aliphatic carbocycles. The summed E-state index contributed by atoms with van der Waals surface area (Å²) in [6, 6.07) is 13.5. The quantitative estimate of drug-likeness (QED) is 0.630. The normalized spacial score (nSPS) is 16.7. The molecule has 0 unspecified atom stereocenters. The minimum Gasteiger partial charge on any atom is -0.494 e. The molecule has 0 aromatic heterocycles. The first-order valence-electron chi connectivity index (χ1n) is 10.1. The van der Waals surface area contributed by atoms with Crippen LogP contribution in [0.25, 0.3) is 0 Å². The number of halogens is 1. The van der Waals surface area contributed by atoms with Crippen LogP contribution in [-0.2, 0) is 19.1 Å². The van der Waals surface area contributed by atoms with E-state index in [1.54, 1.807) is 53.4 Å². The summed E-state index contributed by atoms with van der Waals surface area (Å²) in [6.45, 7) is 2.73. The number of carbonyl (C=O) groups is 3. The summed E-state index contributed by atoms with van der Waals surface area (Å²) >= 11 is 5.95. The van der Waals surface area contributed by atoms with Gasteiger partial charge in [-0.2, -0.15) is 0 Å². The van der Waals surface area contributed by atoms with Crippen molar-refractivity contribution in [3.63, 3.8) is 0 Å². The Morgan fingerprint density at radius 3 is 2.45 bits per heavy atom. The van der Waals surface area contributed by atoms with Crippen molar-refractivity contribution in [2.75, 3.05) is 25.2 Å². The van der Waals surface area contributed by atoms with Crippen molar-refractivity contribution < 1.29 is 23.9 Å². The van der Waals surface area contributed by atoms with Gasteiger partial charge in [0.25, 0.3) is 0 Å². The minimum absolute atomic E-state index is 0.0207. The van der Waals surface area contributed by atoms with Crippen LogP contribution >= 0.6 is 11.6 Å². The third kappa shape index (κ3) is 5.76. The Balaban J connectivity index is 1.69. The molecule has 0 saturated carbocycles. The molecule has 2 aromatic carbocycles. The number of esters is 1. The predicted octanol–water partition coefficient (Wildman–Crippen LogP) is 3.51. The SMILES string of the molecule is CCOc1ccc(N2C[C@H](C(=O)N[C@@H](CC(=O)OC)c3ccc(Cl)cc3)CC2=O)cc1. The largest absolute Gasteiger partial charge is 0.494 e. The number of benzene rings is 2. The lowest BCUT2D eigenvalue weighted by molar-refractivity contribution is -0.141. The molecule has 0 radical (unpaired) electrons. The van der Waals surface area contributed by atoms with Crippen LogP contribution in [0.5, 0.6) is 5.75 Å². The van der Waals surface area contributed by atoms with Gasteiger partial charge in [0.15, 0.2) is 0 Å². The summed E-state index contributed by atoms with van der Waals surface area (Å²) in [5.74, 6) is -0.656. The molecule has 1 aliphatic rings. The highest BCUT2D eigenvalue weighted by atomic mass is 35.5. The lowest BCUT2D eigenvalue weighted by Gasteiger charge is -2.21. The molecule has 1 N–H and O–H groups in total. The van der Waals surface area contributed by atoms with Gasteiger partial charge in [0.2, 0.25) is 11.8 Å². The predicted molar refractivity (Wildman–Crippen MR) is 117 cm³/mol. The fourth-order valence-corrected chi connectivity index (χ4v) is 3.63. The van der Waals surface area contributed by atoms with E-state index in [1.165, 1.54) is 7.11 Å². The van der Waals surface area contributed by atoms with E-state index in [9.17, 15) is 14.4 Å². The van der Waals surface area contributed by atoms with Gasteiger partial charge in [-0.1, -0.05) is 23.7 Å². The number of hydrogen-bond acceptors (Lipinski definition) is 5. The Labute approximate surface area is 186 Å². The van der Waals surface area contributed by atoms with E-state index in [-0.39, 0.29) is 31.2 Å². The van der Waals surface area contributed by atoms with Crippen LogP contribution < -0.4 is 15.0 Å². The molecule has 1 fully saturated rings. The van der Waals surface area contributed by atoms with Crippen LogP contribution in [0.2, 0.25) is 5.02 Å². The molecule has 0 bridgehead atoms. The third-order valence-corrected chi connectivity index (χ3v) is 5.39. The molecule has 2 amide bonds. The zero-order valence-electron chi connectivity index (χ0n) is 17.5. The number of methoxy groups -OCH3 is 1. The number of nitrogens with one attached hydrogen (secondary N) is 1. The highest BCUT2D eigenvalue weighted by molar-refractivity contribution is 6.30. The summed E-state index contributed by atoms with van der Waals surface area (Å²) in [7, 11) is 1.30. The van der Waals surface area contributed by atoms with Gasteiger partial charge < -0.3 is 19.7 Å². The van der Waals surface area contributed by atoms with Gasteiger partial charge in [-0.3, -0.25) is 14.4 Å². The van der Waals surface area contributed by atoms with Gasteiger partial charge in [-0.15, -0.1) is 0 Å². The number of nitrogens with zero attached hydrogens (tertiary/aromatic N) is 1. The van der Waals surface area contributed by atoms with Gasteiger partial charge in [-0.25, -0.2) is 0 Å². The number of amides is 2. The molecule has 0 spiro atoms. The van der Waals surface area contributed by atoms with Crippen LogP contribution in [0.3, 0.4) is 0 Å². The molecule has 3 rings (SSSR count). The zero-order chi connectivity index (χ0) is 22.4. The number of rotatable bonds is 8. The molecule has 1 aliphatic heterocycles. The van der Waals surface area contributed by atoms with E-state index in [1.807, 2.05) is 6.92 Å². The zero-order valence-corrected chi connectivity index (χ0v) is 18.2. The maximum absolute atomic E-state index is 12.9. The van der Waals surface area contributed by atoms with Crippen LogP contribution in [0.4, 0.5) is 5.69 Å². The summed E-state index contributed by atoms with van der Waals surface area (Å²) < 4.78 is 10.2. The van der Waals surface area contributed by atoms with Crippen molar-refractivity contribution in [2.45, 2.75) is 25.8 Å². The average Bonchev–Trinajstić information content (AvgIpc) is 3.16. The lowest BCUT2D eigenvalue weighted by Crippen LogP contribution is -2.36. The Hall–Kier alpha value is -3.06. The Morgan fingerprint density at radius 2 is 1.84 bits per heavy atom. The molecular weight excluding hydrogens is 420 g/mol. The standard InChI is InChI=1S/C23H25ClN2O5/c1-3-31-19-10-8-18(9-11-19)26-14-16(12-21(26)27)23(29)25-20(13-22(28)30-2)15-4-6-17(24)7-5-15/h4-11,16,20H,3,12-14H2,1-2H3,(H,25,29)/t16-,20+/m1/s1. The van der Waals surface area contributed by atoms with Crippen molar-refractivity contribution in [3.05, 3.63) is 59.1 Å². The van der Waals surface area contributed by atoms with Crippen LogP contribution in [0.15, 0.2) is 48.5 Å². The molecule has 7 nitrogen and oxygen atoms in total. The summed E-state index contributed by atoms with van der Waals surface area (Å²) in [5.41, 5.74) is 1.45. The maximum Gasteiger partial charge on any atom is 0.307 e. The van der Waals surface area contributed by atoms with Crippen molar-refractivity contribution in [3.8, 4) is 5.75 Å². The van der Waals surface area contributed by atoms with E-state index in [0.717, 1.165) is 11.3 Å². The van der Waals surface area contributed by atoms with Gasteiger partial charge in [0.1, 0.15) is 5.75 Å². The van der Waals surface area contributed by atoms with Gasteiger partial charge >= 0.3 is 5.97 Å². The third-order valence-electron chi connectivity index (χ3n) is 5.14. The fraction of sp³-hybridized carbons (Fsp3) is 0.348. The average molecular weight is 445 g/mol. The molecule has 8 heteroatoms. The Morgan fingerprint density at radius 1 is 1.16 bits per heavy atom. The van der Waals surface area contributed by atoms with Crippen molar-refractivity contribution in [1.82, 2.24) is 5.32 Å². The second-order valence-corrected chi connectivity index (χ2v) is 7.66. The van der Waals surface area contributed by atoms with E-state index in [4.69, 9.17) is 21.1 Å². The van der Waals surface area contributed by atoms with E-state index in [2.05, 4.69) is 5.32 Å². The smallest absolute Gasteiger partial charge is 0.307 e.